The molecule has 4 saturated heterocycles. The van der Waals surface area contributed by atoms with Gasteiger partial charge in [-0.2, -0.15) is 0 Å². The van der Waals surface area contributed by atoms with Crippen LogP contribution in [0.3, 0.4) is 0 Å². The molecule has 7 rings (SSSR count). The summed E-state index contributed by atoms with van der Waals surface area (Å²) in [4.78, 5) is 54.4. The van der Waals surface area contributed by atoms with Gasteiger partial charge < -0.3 is 29.5 Å². The van der Waals surface area contributed by atoms with Crippen molar-refractivity contribution in [2.75, 3.05) is 0 Å². The van der Waals surface area contributed by atoms with Crippen molar-refractivity contribution >= 4 is 23.5 Å². The summed E-state index contributed by atoms with van der Waals surface area (Å²) >= 11 is 0. The largest absolute Gasteiger partial charge is 0.455 e. The van der Waals surface area contributed by atoms with Crippen LogP contribution in [0.2, 0.25) is 0 Å². The Morgan fingerprint density at radius 3 is 2.53 bits per heavy atom. The van der Waals surface area contributed by atoms with Gasteiger partial charge in [0.2, 0.25) is 5.79 Å². The number of carbonyl (C=O) groups excluding carboxylic acids is 4. The zero-order valence-corrected chi connectivity index (χ0v) is 21.4. The van der Waals surface area contributed by atoms with Gasteiger partial charge in [-0.3, -0.25) is 9.59 Å². The van der Waals surface area contributed by atoms with Crippen molar-refractivity contribution in [3.8, 4) is 0 Å². The number of hydrogen-bond acceptors (Lipinski definition) is 10. The second-order valence-corrected chi connectivity index (χ2v) is 12.7. The highest BCUT2D eigenvalue weighted by molar-refractivity contribution is 6.02. The number of carbonyl (C=O) groups is 4. The van der Waals surface area contributed by atoms with Crippen LogP contribution >= 0.6 is 0 Å². The van der Waals surface area contributed by atoms with E-state index < -0.39 is 81.1 Å². The number of aliphatic hydroxyl groups excluding tert-OH is 1. The van der Waals surface area contributed by atoms with Crippen molar-refractivity contribution in [2.24, 2.45) is 28.6 Å². The molecule has 4 aliphatic heterocycles. The van der Waals surface area contributed by atoms with Crippen molar-refractivity contribution in [1.29, 1.82) is 0 Å². The molecule has 1 spiro atoms. The van der Waals surface area contributed by atoms with Gasteiger partial charge in [0.25, 0.3) is 0 Å². The predicted molar refractivity (Wildman–Crippen MR) is 126 cm³/mol. The molecule has 1 saturated carbocycles. The van der Waals surface area contributed by atoms with Gasteiger partial charge in [-0.25, -0.2) is 9.59 Å². The van der Waals surface area contributed by atoms with E-state index in [0.29, 0.717) is 12.0 Å². The SMILES string of the molecule is C=C1C(=O)O[C@@H]2C[C@@]1(C)C1C(=O)[C@]3(O)O[C@@]14[C@@](O)(CCC1C3[C@H](O)C=C3CC=CC(=O)[C@@]31C)C(=O)O[C@@]24C. The van der Waals surface area contributed by atoms with Crippen LogP contribution in [0.5, 0.6) is 0 Å². The van der Waals surface area contributed by atoms with E-state index in [9.17, 15) is 34.5 Å². The third-order valence-electron chi connectivity index (χ3n) is 11.3. The number of rotatable bonds is 0. The van der Waals surface area contributed by atoms with Gasteiger partial charge in [0.05, 0.1) is 23.4 Å². The normalized spacial score (nSPS) is 56.2. The molecule has 3 aliphatic carbocycles. The van der Waals surface area contributed by atoms with Gasteiger partial charge in [0.1, 0.15) is 6.10 Å². The van der Waals surface area contributed by atoms with Crippen molar-refractivity contribution in [3.63, 3.8) is 0 Å². The second-order valence-electron chi connectivity index (χ2n) is 12.7. The maximum absolute atomic E-state index is 14.6. The van der Waals surface area contributed by atoms with Crippen molar-refractivity contribution in [1.82, 2.24) is 0 Å². The van der Waals surface area contributed by atoms with E-state index in [-0.39, 0.29) is 30.6 Å². The number of fused-ring (bicyclic) bond motifs is 9. The summed E-state index contributed by atoms with van der Waals surface area (Å²) in [5.41, 5.74) is -8.34. The Hall–Kier alpha value is -2.66. The van der Waals surface area contributed by atoms with Gasteiger partial charge in [-0.05, 0) is 51.5 Å². The number of aliphatic hydroxyl groups is 3. The predicted octanol–water partition coefficient (Wildman–Crippen LogP) is 0.430. The van der Waals surface area contributed by atoms with E-state index in [1.54, 1.807) is 19.9 Å². The zero-order chi connectivity index (χ0) is 27.4. The van der Waals surface area contributed by atoms with Crippen LogP contribution in [0, 0.1) is 28.6 Å². The molecular formula is C28H30O10. The average molecular weight is 527 g/mol. The summed E-state index contributed by atoms with van der Waals surface area (Å²) < 4.78 is 17.8. The first kappa shape index (κ1) is 24.4. The van der Waals surface area contributed by atoms with Crippen LogP contribution in [-0.2, 0) is 33.4 Å². The Kier molecular flexibility index (Phi) is 4.20. The highest BCUT2D eigenvalue weighted by Gasteiger charge is 2.92. The lowest BCUT2D eigenvalue weighted by Crippen LogP contribution is -2.77. The first-order valence-electron chi connectivity index (χ1n) is 13.1. The Balaban J connectivity index is 1.52. The maximum atomic E-state index is 14.6. The molecule has 10 nitrogen and oxygen atoms in total. The molecule has 0 amide bonds. The molecular weight excluding hydrogens is 496 g/mol. The van der Waals surface area contributed by atoms with Gasteiger partial charge in [0, 0.05) is 11.0 Å². The van der Waals surface area contributed by atoms with E-state index in [1.807, 2.05) is 0 Å². The average Bonchev–Trinajstić information content (AvgIpc) is 3.19. The van der Waals surface area contributed by atoms with Crippen LogP contribution in [0.25, 0.3) is 0 Å². The molecule has 5 fully saturated rings. The lowest BCUT2D eigenvalue weighted by Gasteiger charge is -2.60. The Morgan fingerprint density at radius 2 is 1.82 bits per heavy atom. The van der Waals surface area contributed by atoms with E-state index in [0.717, 1.165) is 0 Å². The van der Waals surface area contributed by atoms with Gasteiger partial charge in [-0.15, -0.1) is 0 Å². The lowest BCUT2D eigenvalue weighted by atomic mass is 9.47. The van der Waals surface area contributed by atoms with Crippen molar-refractivity contribution in [2.45, 2.75) is 81.3 Å². The number of esters is 2. The molecule has 0 aromatic rings. The minimum Gasteiger partial charge on any atom is -0.455 e. The highest BCUT2D eigenvalue weighted by atomic mass is 16.7. The summed E-state index contributed by atoms with van der Waals surface area (Å²) in [6.07, 6.45) is 2.38. The van der Waals surface area contributed by atoms with E-state index >= 15 is 0 Å². The number of Topliss-reactive ketones (excluding diaryl/α,β-unsaturated/α-hetero) is 1. The summed E-state index contributed by atoms with van der Waals surface area (Å²) in [7, 11) is 0. The minimum absolute atomic E-state index is 0.00631. The van der Waals surface area contributed by atoms with Gasteiger partial charge >= 0.3 is 11.9 Å². The smallest absolute Gasteiger partial charge is 0.342 e. The lowest BCUT2D eigenvalue weighted by molar-refractivity contribution is -0.344. The number of ketones is 2. The van der Waals surface area contributed by atoms with Crippen LogP contribution in [-0.4, -0.2) is 73.6 Å². The molecule has 7 aliphatic rings. The standard InChI is InChI=1S/C28H30O10/c1-12-21(32)36-17-11-23(12,2)19-20(31)27(35)18-14(24(3)13(10-15(18)29)6-5-7-16(24)30)8-9-26(34)22(33)37-25(17,4)28(19,26)38-27/h5,7,10,14-15,17-19,29,34-35H,1,6,8-9,11H2,2-4H3/t14?,15-,17-,18?,19?,23-,24+,25+,26-,27-,28+/m1/s1. The molecule has 0 aromatic heterocycles. The third-order valence-corrected chi connectivity index (χ3v) is 11.3. The topological polar surface area (TPSA) is 157 Å². The van der Waals surface area contributed by atoms with Crippen LogP contribution < -0.4 is 0 Å². The molecule has 4 bridgehead atoms. The molecule has 11 atom stereocenters. The van der Waals surface area contributed by atoms with Gasteiger partial charge in [-0.1, -0.05) is 31.2 Å². The Morgan fingerprint density at radius 1 is 1.11 bits per heavy atom. The zero-order valence-electron chi connectivity index (χ0n) is 21.4. The van der Waals surface area contributed by atoms with Crippen molar-refractivity contribution in [3.05, 3.63) is 36.0 Å². The van der Waals surface area contributed by atoms with Crippen LogP contribution in [0.4, 0.5) is 0 Å². The fourth-order valence-corrected chi connectivity index (χ4v) is 9.26. The van der Waals surface area contributed by atoms with Gasteiger partial charge in [0.15, 0.2) is 28.4 Å². The summed E-state index contributed by atoms with van der Waals surface area (Å²) in [5.74, 6) is -9.26. The maximum Gasteiger partial charge on any atom is 0.342 e. The number of hydrogen-bond donors (Lipinski definition) is 3. The number of allylic oxidation sites excluding steroid dienone is 3. The molecule has 0 aromatic carbocycles. The Labute approximate surface area is 218 Å². The molecule has 10 heteroatoms. The molecule has 38 heavy (non-hydrogen) atoms. The monoisotopic (exact) mass is 526 g/mol. The van der Waals surface area contributed by atoms with Crippen LogP contribution in [0.15, 0.2) is 36.0 Å². The molecule has 3 N–H and O–H groups in total. The summed E-state index contributed by atoms with van der Waals surface area (Å²) in [6, 6.07) is 0. The van der Waals surface area contributed by atoms with Crippen LogP contribution in [0.1, 0.15) is 46.5 Å². The highest BCUT2D eigenvalue weighted by Crippen LogP contribution is 2.73. The quantitative estimate of drug-likeness (QED) is 0.230. The summed E-state index contributed by atoms with van der Waals surface area (Å²) in [5, 5.41) is 36.0. The molecule has 4 heterocycles. The molecule has 202 valence electrons. The van der Waals surface area contributed by atoms with E-state index in [2.05, 4.69) is 6.58 Å². The Bertz CT molecular complexity index is 1350. The fraction of sp³-hybridized carbons (Fsp3) is 0.643. The van der Waals surface area contributed by atoms with E-state index in [4.69, 9.17) is 14.2 Å². The number of ether oxygens (including phenoxy) is 3. The first-order valence-corrected chi connectivity index (χ1v) is 13.1. The molecule has 3 unspecified atom stereocenters. The third kappa shape index (κ3) is 2.15. The first-order chi connectivity index (χ1) is 17.6. The summed E-state index contributed by atoms with van der Waals surface area (Å²) in [6.45, 7) is 8.65. The second kappa shape index (κ2) is 6.55. The van der Waals surface area contributed by atoms with E-state index in [1.165, 1.54) is 19.1 Å². The molecule has 0 radical (unpaired) electrons. The minimum atomic E-state index is -2.71. The fourth-order valence-electron chi connectivity index (χ4n) is 9.26. The van der Waals surface area contributed by atoms with Crippen molar-refractivity contribution < 1.29 is 48.7 Å².